The fourth-order valence-electron chi connectivity index (χ4n) is 2.87. The summed E-state index contributed by atoms with van der Waals surface area (Å²) >= 11 is 0. The third-order valence-electron chi connectivity index (χ3n) is 4.03. The minimum Gasteiger partial charge on any atom is -0.474 e. The maximum atomic E-state index is 12.5. The van der Waals surface area contributed by atoms with Gasteiger partial charge in [0.15, 0.2) is 0 Å². The standard InChI is InChI=1S/C19H21N3O3/c1-13(23)21-15-5-4-6-16(12-15)22-19(24)14-9-10-20-18(11-14)25-17-7-2-3-8-17/h4-6,9-12,17H,2-3,7-8H2,1H3,(H,21,23)(H,22,24). The summed E-state index contributed by atoms with van der Waals surface area (Å²) in [6.07, 6.45) is 6.19. The number of benzene rings is 1. The molecule has 6 nitrogen and oxygen atoms in total. The number of pyridine rings is 1. The van der Waals surface area contributed by atoms with Crippen LogP contribution in [0.5, 0.6) is 5.88 Å². The van der Waals surface area contributed by atoms with Crippen LogP contribution in [-0.4, -0.2) is 22.9 Å². The van der Waals surface area contributed by atoms with Gasteiger partial charge in [0.05, 0.1) is 0 Å². The molecule has 6 heteroatoms. The van der Waals surface area contributed by atoms with Crippen molar-refractivity contribution in [3.05, 3.63) is 48.2 Å². The van der Waals surface area contributed by atoms with Crippen molar-refractivity contribution in [2.45, 2.75) is 38.7 Å². The van der Waals surface area contributed by atoms with Crippen LogP contribution < -0.4 is 15.4 Å². The highest BCUT2D eigenvalue weighted by atomic mass is 16.5. The highest BCUT2D eigenvalue weighted by molar-refractivity contribution is 6.04. The number of carbonyl (C=O) groups is 2. The Balaban J connectivity index is 1.67. The monoisotopic (exact) mass is 339 g/mol. The van der Waals surface area contributed by atoms with Crippen LogP contribution >= 0.6 is 0 Å². The Hall–Kier alpha value is -2.89. The van der Waals surface area contributed by atoms with E-state index in [-0.39, 0.29) is 17.9 Å². The molecule has 0 radical (unpaired) electrons. The van der Waals surface area contributed by atoms with Crippen molar-refractivity contribution in [1.82, 2.24) is 4.98 Å². The molecule has 1 saturated carbocycles. The summed E-state index contributed by atoms with van der Waals surface area (Å²) in [5.74, 6) is 0.0662. The minimum absolute atomic E-state index is 0.161. The van der Waals surface area contributed by atoms with Crippen LogP contribution in [0.15, 0.2) is 42.6 Å². The summed E-state index contributed by atoms with van der Waals surface area (Å²) in [4.78, 5) is 27.8. The van der Waals surface area contributed by atoms with Gasteiger partial charge in [0.2, 0.25) is 11.8 Å². The lowest BCUT2D eigenvalue weighted by atomic mass is 10.2. The Bertz CT molecular complexity index is 770. The smallest absolute Gasteiger partial charge is 0.255 e. The zero-order valence-corrected chi connectivity index (χ0v) is 14.1. The second kappa shape index (κ2) is 7.79. The van der Waals surface area contributed by atoms with Crippen LogP contribution in [-0.2, 0) is 4.79 Å². The number of nitrogens with zero attached hydrogens (tertiary/aromatic N) is 1. The predicted molar refractivity (Wildman–Crippen MR) is 95.8 cm³/mol. The molecule has 0 aliphatic heterocycles. The van der Waals surface area contributed by atoms with E-state index in [1.165, 1.54) is 19.8 Å². The van der Waals surface area contributed by atoms with Gasteiger partial charge in [-0.1, -0.05) is 6.07 Å². The van der Waals surface area contributed by atoms with Gasteiger partial charge < -0.3 is 15.4 Å². The van der Waals surface area contributed by atoms with Crippen LogP contribution in [0.4, 0.5) is 11.4 Å². The average molecular weight is 339 g/mol. The number of hydrogen-bond donors (Lipinski definition) is 2. The highest BCUT2D eigenvalue weighted by Crippen LogP contribution is 2.23. The van der Waals surface area contributed by atoms with Crippen molar-refractivity contribution in [2.75, 3.05) is 10.6 Å². The van der Waals surface area contributed by atoms with Crippen LogP contribution in [0.1, 0.15) is 43.0 Å². The van der Waals surface area contributed by atoms with Crippen molar-refractivity contribution >= 4 is 23.2 Å². The second-order valence-electron chi connectivity index (χ2n) is 6.12. The molecule has 1 heterocycles. The molecular formula is C19H21N3O3. The second-order valence-corrected chi connectivity index (χ2v) is 6.12. The van der Waals surface area contributed by atoms with E-state index in [0.717, 1.165) is 12.8 Å². The molecule has 0 saturated heterocycles. The number of amides is 2. The zero-order chi connectivity index (χ0) is 17.6. The molecule has 1 aliphatic rings. The fraction of sp³-hybridized carbons (Fsp3) is 0.316. The van der Waals surface area contributed by atoms with Gasteiger partial charge in [-0.3, -0.25) is 9.59 Å². The van der Waals surface area contributed by atoms with Crippen molar-refractivity contribution in [3.8, 4) is 5.88 Å². The van der Waals surface area contributed by atoms with E-state index in [0.29, 0.717) is 22.8 Å². The SMILES string of the molecule is CC(=O)Nc1cccc(NC(=O)c2ccnc(OC3CCCC3)c2)c1. The van der Waals surface area contributed by atoms with E-state index in [1.54, 1.807) is 42.6 Å². The van der Waals surface area contributed by atoms with E-state index in [4.69, 9.17) is 4.74 Å². The van der Waals surface area contributed by atoms with Crippen molar-refractivity contribution < 1.29 is 14.3 Å². The number of ether oxygens (including phenoxy) is 1. The summed E-state index contributed by atoms with van der Waals surface area (Å²) in [6, 6.07) is 10.3. The molecule has 0 spiro atoms. The van der Waals surface area contributed by atoms with Gasteiger partial charge in [-0.2, -0.15) is 0 Å². The molecule has 1 fully saturated rings. The number of carbonyl (C=O) groups excluding carboxylic acids is 2. The van der Waals surface area contributed by atoms with Crippen LogP contribution in [0.2, 0.25) is 0 Å². The zero-order valence-electron chi connectivity index (χ0n) is 14.1. The van der Waals surface area contributed by atoms with Gasteiger partial charge >= 0.3 is 0 Å². The Morgan fingerprint density at radius 1 is 1.08 bits per heavy atom. The largest absolute Gasteiger partial charge is 0.474 e. The molecular weight excluding hydrogens is 318 g/mol. The topological polar surface area (TPSA) is 80.3 Å². The molecule has 1 aromatic carbocycles. The third-order valence-corrected chi connectivity index (χ3v) is 4.03. The third kappa shape index (κ3) is 4.79. The predicted octanol–water partition coefficient (Wildman–Crippen LogP) is 3.61. The first kappa shape index (κ1) is 17.0. The molecule has 0 unspecified atom stereocenters. The quantitative estimate of drug-likeness (QED) is 0.872. The number of hydrogen-bond acceptors (Lipinski definition) is 4. The van der Waals surface area contributed by atoms with Gasteiger partial charge in [-0.15, -0.1) is 0 Å². The van der Waals surface area contributed by atoms with E-state index in [2.05, 4.69) is 15.6 Å². The molecule has 25 heavy (non-hydrogen) atoms. The van der Waals surface area contributed by atoms with E-state index in [9.17, 15) is 9.59 Å². The Morgan fingerprint density at radius 3 is 2.52 bits per heavy atom. The van der Waals surface area contributed by atoms with Crippen LogP contribution in [0.3, 0.4) is 0 Å². The van der Waals surface area contributed by atoms with E-state index in [1.807, 2.05) is 0 Å². The lowest BCUT2D eigenvalue weighted by Gasteiger charge is -2.13. The van der Waals surface area contributed by atoms with Crippen LogP contribution in [0.25, 0.3) is 0 Å². The van der Waals surface area contributed by atoms with Gasteiger partial charge in [-0.25, -0.2) is 4.98 Å². The first-order valence-corrected chi connectivity index (χ1v) is 8.42. The molecule has 1 aromatic heterocycles. The summed E-state index contributed by atoms with van der Waals surface area (Å²) in [7, 11) is 0. The summed E-state index contributed by atoms with van der Waals surface area (Å²) < 4.78 is 5.84. The molecule has 130 valence electrons. The molecule has 2 amide bonds. The lowest BCUT2D eigenvalue weighted by Crippen LogP contribution is -2.15. The number of anilines is 2. The molecule has 0 bridgehead atoms. The molecule has 2 aromatic rings. The first-order chi connectivity index (χ1) is 12.1. The lowest BCUT2D eigenvalue weighted by molar-refractivity contribution is -0.114. The molecule has 1 aliphatic carbocycles. The Kier molecular flexibility index (Phi) is 5.28. The average Bonchev–Trinajstić information content (AvgIpc) is 3.08. The summed E-state index contributed by atoms with van der Waals surface area (Å²) in [6.45, 7) is 1.44. The fourth-order valence-corrected chi connectivity index (χ4v) is 2.87. The Labute approximate surface area is 146 Å². The van der Waals surface area contributed by atoms with Crippen molar-refractivity contribution in [2.24, 2.45) is 0 Å². The number of rotatable bonds is 5. The Morgan fingerprint density at radius 2 is 1.80 bits per heavy atom. The van der Waals surface area contributed by atoms with Gasteiger partial charge in [0, 0.05) is 36.1 Å². The van der Waals surface area contributed by atoms with Crippen LogP contribution in [0, 0.1) is 0 Å². The highest BCUT2D eigenvalue weighted by Gasteiger charge is 2.17. The molecule has 2 N–H and O–H groups in total. The molecule has 0 atom stereocenters. The van der Waals surface area contributed by atoms with Gasteiger partial charge in [0.25, 0.3) is 5.91 Å². The van der Waals surface area contributed by atoms with Gasteiger partial charge in [0.1, 0.15) is 6.10 Å². The van der Waals surface area contributed by atoms with E-state index >= 15 is 0 Å². The normalized spacial score (nSPS) is 14.1. The number of nitrogens with one attached hydrogen (secondary N) is 2. The maximum Gasteiger partial charge on any atom is 0.255 e. The number of aromatic nitrogens is 1. The van der Waals surface area contributed by atoms with E-state index < -0.39 is 0 Å². The van der Waals surface area contributed by atoms with Gasteiger partial charge in [-0.05, 0) is 49.9 Å². The van der Waals surface area contributed by atoms with Crippen molar-refractivity contribution in [1.29, 1.82) is 0 Å². The summed E-state index contributed by atoms with van der Waals surface area (Å²) in [5, 5.41) is 5.51. The molecule has 3 rings (SSSR count). The maximum absolute atomic E-state index is 12.5. The summed E-state index contributed by atoms with van der Waals surface area (Å²) in [5.41, 5.74) is 1.71. The minimum atomic E-state index is -0.251. The van der Waals surface area contributed by atoms with Crippen molar-refractivity contribution in [3.63, 3.8) is 0 Å². The first-order valence-electron chi connectivity index (χ1n) is 8.42.